The zero-order valence-corrected chi connectivity index (χ0v) is 13.9. The fourth-order valence-corrected chi connectivity index (χ4v) is 2.85. The van der Waals surface area contributed by atoms with Gasteiger partial charge in [-0.2, -0.15) is 5.10 Å². The summed E-state index contributed by atoms with van der Waals surface area (Å²) in [4.78, 5) is 23.7. The minimum Gasteiger partial charge on any atom is -0.455 e. The second kappa shape index (κ2) is 7.10. The molecule has 3 aromatic rings. The molecule has 0 spiro atoms. The summed E-state index contributed by atoms with van der Waals surface area (Å²) in [5.41, 5.74) is 3.16. The molecular weight excluding hydrogens is 342 g/mol. The van der Waals surface area contributed by atoms with Crippen LogP contribution in [0.3, 0.4) is 0 Å². The van der Waals surface area contributed by atoms with Gasteiger partial charge in [-0.3, -0.25) is 14.9 Å². The van der Waals surface area contributed by atoms with Crippen molar-refractivity contribution in [2.24, 2.45) is 5.10 Å². The number of benzene rings is 1. The van der Waals surface area contributed by atoms with Crippen LogP contribution in [-0.2, 0) is 0 Å². The lowest BCUT2D eigenvalue weighted by Gasteiger charge is -1.96. The number of non-ortho nitro benzene ring substituents is 1. The average Bonchev–Trinajstić information content (AvgIpc) is 3.24. The van der Waals surface area contributed by atoms with Crippen molar-refractivity contribution in [1.29, 1.82) is 0 Å². The Balaban J connectivity index is 1.65. The molecule has 0 unspecified atom stereocenters. The molecule has 2 heterocycles. The predicted molar refractivity (Wildman–Crippen MR) is 94.9 cm³/mol. The molecule has 0 aliphatic heterocycles. The summed E-state index contributed by atoms with van der Waals surface area (Å²) in [6, 6.07) is 13.1. The highest BCUT2D eigenvalue weighted by Crippen LogP contribution is 2.24. The fourth-order valence-electron chi connectivity index (χ4n) is 2.09. The number of nitrogens with one attached hydrogen (secondary N) is 1. The Morgan fingerprint density at radius 2 is 1.96 bits per heavy atom. The molecule has 0 saturated heterocycles. The number of nitrogens with zero attached hydrogens (tertiary/aromatic N) is 2. The van der Waals surface area contributed by atoms with E-state index in [2.05, 4.69) is 10.5 Å². The van der Waals surface area contributed by atoms with Crippen LogP contribution in [0.2, 0.25) is 0 Å². The number of hydrazone groups is 1. The van der Waals surface area contributed by atoms with Gasteiger partial charge in [0.25, 0.3) is 11.6 Å². The van der Waals surface area contributed by atoms with E-state index in [0.717, 1.165) is 4.88 Å². The minimum atomic E-state index is -0.457. The van der Waals surface area contributed by atoms with Gasteiger partial charge in [0.2, 0.25) is 0 Å². The topological polar surface area (TPSA) is 97.7 Å². The molecule has 0 atom stereocenters. The molecule has 126 valence electrons. The van der Waals surface area contributed by atoms with E-state index in [9.17, 15) is 14.9 Å². The van der Waals surface area contributed by atoms with Gasteiger partial charge < -0.3 is 4.42 Å². The molecule has 1 N–H and O–H groups in total. The quantitative estimate of drug-likeness (QED) is 0.425. The van der Waals surface area contributed by atoms with Crippen LogP contribution >= 0.6 is 11.3 Å². The van der Waals surface area contributed by atoms with E-state index in [1.807, 2.05) is 13.0 Å². The highest BCUT2D eigenvalue weighted by Gasteiger charge is 2.09. The summed E-state index contributed by atoms with van der Waals surface area (Å²) in [6.45, 7) is 1.92. The second-order valence-electron chi connectivity index (χ2n) is 5.12. The number of carbonyl (C=O) groups is 1. The fraction of sp³-hybridized carbons (Fsp3) is 0.0588. The van der Waals surface area contributed by atoms with E-state index in [-0.39, 0.29) is 11.6 Å². The first kappa shape index (κ1) is 16.6. The van der Waals surface area contributed by atoms with Gasteiger partial charge in [0.05, 0.1) is 16.0 Å². The molecule has 1 aromatic carbocycles. The highest BCUT2D eigenvalue weighted by molar-refractivity contribution is 7.13. The molecule has 1 amide bonds. The zero-order chi connectivity index (χ0) is 17.8. The van der Waals surface area contributed by atoms with Gasteiger partial charge in [-0.05, 0) is 43.3 Å². The van der Waals surface area contributed by atoms with Crippen molar-refractivity contribution >= 4 is 29.1 Å². The van der Waals surface area contributed by atoms with Crippen molar-refractivity contribution in [1.82, 2.24) is 5.43 Å². The van der Waals surface area contributed by atoms with Gasteiger partial charge in [-0.15, -0.1) is 11.3 Å². The molecule has 0 bridgehead atoms. The highest BCUT2D eigenvalue weighted by atomic mass is 32.1. The molecule has 0 aliphatic rings. The molecule has 7 nitrogen and oxygen atoms in total. The number of rotatable bonds is 5. The van der Waals surface area contributed by atoms with Gasteiger partial charge in [0.15, 0.2) is 0 Å². The number of thiophene rings is 1. The van der Waals surface area contributed by atoms with Gasteiger partial charge in [0.1, 0.15) is 11.5 Å². The van der Waals surface area contributed by atoms with E-state index >= 15 is 0 Å². The number of nitro groups is 1. The van der Waals surface area contributed by atoms with Gasteiger partial charge in [-0.25, -0.2) is 5.43 Å². The Hall–Kier alpha value is -3.26. The lowest BCUT2D eigenvalue weighted by Crippen LogP contribution is -2.15. The molecule has 2 aromatic heterocycles. The maximum atomic E-state index is 11.9. The zero-order valence-electron chi connectivity index (χ0n) is 13.1. The Morgan fingerprint density at radius 1 is 1.20 bits per heavy atom. The summed E-state index contributed by atoms with van der Waals surface area (Å²) < 4.78 is 5.59. The summed E-state index contributed by atoms with van der Waals surface area (Å²) in [7, 11) is 0. The second-order valence-corrected chi connectivity index (χ2v) is 6.40. The molecular formula is C17H13N3O4S. The molecule has 0 fully saturated rings. The van der Waals surface area contributed by atoms with Crippen LogP contribution < -0.4 is 5.43 Å². The van der Waals surface area contributed by atoms with Crippen molar-refractivity contribution in [3.8, 4) is 11.3 Å². The molecule has 25 heavy (non-hydrogen) atoms. The summed E-state index contributed by atoms with van der Waals surface area (Å²) in [6.07, 6.45) is 1.40. The summed E-state index contributed by atoms with van der Waals surface area (Å²) in [5.74, 6) is 0.726. The van der Waals surface area contributed by atoms with E-state index in [0.29, 0.717) is 22.0 Å². The van der Waals surface area contributed by atoms with Crippen LogP contribution in [0.15, 0.2) is 58.0 Å². The van der Waals surface area contributed by atoms with Crippen LogP contribution in [0.5, 0.6) is 0 Å². The van der Waals surface area contributed by atoms with E-state index < -0.39 is 4.92 Å². The number of furan rings is 1. The molecule has 0 aliphatic carbocycles. The lowest BCUT2D eigenvalue weighted by atomic mass is 10.1. The molecule has 8 heteroatoms. The summed E-state index contributed by atoms with van der Waals surface area (Å²) >= 11 is 1.39. The van der Waals surface area contributed by atoms with Crippen LogP contribution in [0.25, 0.3) is 11.3 Å². The van der Waals surface area contributed by atoms with Crippen molar-refractivity contribution in [3.05, 3.63) is 74.2 Å². The number of nitro benzene ring substituents is 1. The third-order valence-electron chi connectivity index (χ3n) is 3.31. The maximum Gasteiger partial charge on any atom is 0.281 e. The van der Waals surface area contributed by atoms with Gasteiger partial charge in [0, 0.05) is 22.6 Å². The predicted octanol–water partition coefficient (Wildman–Crippen LogP) is 3.99. The lowest BCUT2D eigenvalue weighted by molar-refractivity contribution is -0.384. The maximum absolute atomic E-state index is 11.9. The average molecular weight is 355 g/mol. The number of amides is 1. The Kier molecular flexibility index (Phi) is 4.71. The third-order valence-corrected chi connectivity index (χ3v) is 4.31. The van der Waals surface area contributed by atoms with Crippen LogP contribution in [0.4, 0.5) is 5.69 Å². The van der Waals surface area contributed by atoms with Crippen molar-refractivity contribution in [2.45, 2.75) is 6.92 Å². The standard InChI is InChI=1S/C17H13N3O4S/c1-11-2-9-16(25-11)17(21)19-18-10-14-7-8-15(24-14)12-3-5-13(6-4-12)20(22)23/h2-10H,1H3,(H,19,21)/b18-10-. The minimum absolute atomic E-state index is 0.0172. The normalized spacial score (nSPS) is 10.9. The van der Waals surface area contributed by atoms with E-state index in [1.165, 1.54) is 29.7 Å². The Bertz CT molecular complexity index is 941. The largest absolute Gasteiger partial charge is 0.455 e. The Morgan fingerprint density at radius 3 is 2.60 bits per heavy atom. The van der Waals surface area contributed by atoms with Crippen LogP contribution in [0.1, 0.15) is 20.3 Å². The number of hydrogen-bond donors (Lipinski definition) is 1. The van der Waals surface area contributed by atoms with Gasteiger partial charge in [-0.1, -0.05) is 0 Å². The van der Waals surface area contributed by atoms with E-state index in [4.69, 9.17) is 4.42 Å². The van der Waals surface area contributed by atoms with Crippen LogP contribution in [-0.4, -0.2) is 17.0 Å². The molecule has 0 saturated carbocycles. The van der Waals surface area contributed by atoms with Crippen LogP contribution in [0, 0.1) is 17.0 Å². The number of carbonyl (C=O) groups excluding carboxylic acids is 1. The smallest absolute Gasteiger partial charge is 0.281 e. The van der Waals surface area contributed by atoms with Crippen molar-refractivity contribution in [3.63, 3.8) is 0 Å². The first-order chi connectivity index (χ1) is 12.0. The first-order valence-corrected chi connectivity index (χ1v) is 8.09. The van der Waals surface area contributed by atoms with E-state index in [1.54, 1.807) is 30.3 Å². The number of aryl methyl sites for hydroxylation is 1. The SMILES string of the molecule is Cc1ccc(C(=O)N/N=C\c2ccc(-c3ccc([N+](=O)[O-])cc3)o2)s1. The van der Waals surface area contributed by atoms with Crippen molar-refractivity contribution in [2.75, 3.05) is 0 Å². The summed E-state index contributed by atoms with van der Waals surface area (Å²) in [5, 5.41) is 14.5. The molecule has 3 rings (SSSR count). The van der Waals surface area contributed by atoms with Crippen molar-refractivity contribution < 1.29 is 14.1 Å². The first-order valence-electron chi connectivity index (χ1n) is 7.27. The third kappa shape index (κ3) is 3.99. The number of hydrogen-bond acceptors (Lipinski definition) is 6. The Labute approximate surface area is 146 Å². The van der Waals surface area contributed by atoms with Gasteiger partial charge >= 0.3 is 0 Å². The molecule has 0 radical (unpaired) electrons. The monoisotopic (exact) mass is 355 g/mol.